The van der Waals surface area contributed by atoms with Crippen LogP contribution >= 0.6 is 23.2 Å². The SMILES string of the molecule is CCCn1ccnc1CC(O)c1cc(Cl)ccc1Cl. The van der Waals surface area contributed by atoms with E-state index in [1.807, 2.05) is 10.8 Å². The molecule has 3 nitrogen and oxygen atoms in total. The number of imidazole rings is 1. The minimum atomic E-state index is -0.704. The molecule has 102 valence electrons. The summed E-state index contributed by atoms with van der Waals surface area (Å²) < 4.78 is 2.04. The first kappa shape index (κ1) is 14.4. The second-order valence-electron chi connectivity index (χ2n) is 4.42. The van der Waals surface area contributed by atoms with Crippen molar-refractivity contribution < 1.29 is 5.11 Å². The molecule has 0 saturated carbocycles. The lowest BCUT2D eigenvalue weighted by Crippen LogP contribution is -2.09. The maximum atomic E-state index is 10.3. The zero-order valence-corrected chi connectivity index (χ0v) is 12.2. The maximum absolute atomic E-state index is 10.3. The molecule has 0 saturated heterocycles. The van der Waals surface area contributed by atoms with Gasteiger partial charge in [0.25, 0.3) is 0 Å². The van der Waals surface area contributed by atoms with Crippen molar-refractivity contribution in [2.24, 2.45) is 0 Å². The van der Waals surface area contributed by atoms with Gasteiger partial charge in [0.1, 0.15) is 5.82 Å². The molecule has 0 radical (unpaired) electrons. The Bertz CT molecular complexity index is 554. The third-order valence-electron chi connectivity index (χ3n) is 2.96. The number of hydrogen-bond donors (Lipinski definition) is 1. The van der Waals surface area contributed by atoms with Crippen LogP contribution in [0.4, 0.5) is 0 Å². The van der Waals surface area contributed by atoms with Crippen molar-refractivity contribution in [3.05, 3.63) is 52.0 Å². The largest absolute Gasteiger partial charge is 0.388 e. The molecule has 19 heavy (non-hydrogen) atoms. The number of rotatable bonds is 5. The average molecular weight is 299 g/mol. The summed E-state index contributed by atoms with van der Waals surface area (Å²) in [6.45, 7) is 3.00. The van der Waals surface area contributed by atoms with Gasteiger partial charge in [-0.2, -0.15) is 0 Å². The monoisotopic (exact) mass is 298 g/mol. The highest BCUT2D eigenvalue weighted by molar-refractivity contribution is 6.33. The van der Waals surface area contributed by atoms with Crippen LogP contribution in [0, 0.1) is 0 Å². The summed E-state index contributed by atoms with van der Waals surface area (Å²) >= 11 is 12.0. The molecule has 1 aromatic heterocycles. The molecule has 1 unspecified atom stereocenters. The molecule has 0 aliphatic rings. The molecular weight excluding hydrogens is 283 g/mol. The van der Waals surface area contributed by atoms with Crippen LogP contribution in [-0.4, -0.2) is 14.7 Å². The molecule has 5 heteroatoms. The lowest BCUT2D eigenvalue weighted by Gasteiger charge is -2.14. The zero-order valence-electron chi connectivity index (χ0n) is 10.7. The quantitative estimate of drug-likeness (QED) is 0.910. The van der Waals surface area contributed by atoms with Gasteiger partial charge in [-0.25, -0.2) is 4.98 Å². The standard InChI is InChI=1S/C14H16Cl2N2O/c1-2-6-18-7-5-17-14(18)9-13(19)11-8-10(15)3-4-12(11)16/h3-5,7-8,13,19H,2,6,9H2,1H3. The van der Waals surface area contributed by atoms with Gasteiger partial charge in [0.15, 0.2) is 0 Å². The van der Waals surface area contributed by atoms with E-state index in [-0.39, 0.29) is 0 Å². The van der Waals surface area contributed by atoms with Crippen molar-refractivity contribution in [1.29, 1.82) is 0 Å². The van der Waals surface area contributed by atoms with Gasteiger partial charge < -0.3 is 9.67 Å². The highest BCUT2D eigenvalue weighted by Crippen LogP contribution is 2.28. The third kappa shape index (κ3) is 3.50. The molecule has 0 bridgehead atoms. The number of aliphatic hydroxyl groups excluding tert-OH is 1. The molecule has 0 spiro atoms. The first-order valence-electron chi connectivity index (χ1n) is 6.24. The Hall–Kier alpha value is -1.03. The Kier molecular flexibility index (Phi) is 4.86. The van der Waals surface area contributed by atoms with E-state index in [0.717, 1.165) is 18.8 Å². The summed E-state index contributed by atoms with van der Waals surface area (Å²) in [5.41, 5.74) is 0.639. The minimum Gasteiger partial charge on any atom is -0.388 e. The smallest absolute Gasteiger partial charge is 0.111 e. The van der Waals surface area contributed by atoms with Gasteiger partial charge in [0.05, 0.1) is 6.10 Å². The van der Waals surface area contributed by atoms with Crippen LogP contribution in [-0.2, 0) is 13.0 Å². The van der Waals surface area contributed by atoms with E-state index < -0.39 is 6.10 Å². The second-order valence-corrected chi connectivity index (χ2v) is 5.27. The molecule has 0 fully saturated rings. The number of halogens is 2. The van der Waals surface area contributed by atoms with E-state index in [1.165, 1.54) is 0 Å². The summed E-state index contributed by atoms with van der Waals surface area (Å²) in [6.07, 6.45) is 4.41. The van der Waals surface area contributed by atoms with Crippen molar-refractivity contribution in [2.75, 3.05) is 0 Å². The topological polar surface area (TPSA) is 38.0 Å². The van der Waals surface area contributed by atoms with Crippen LogP contribution in [0.2, 0.25) is 10.0 Å². The predicted molar refractivity (Wildman–Crippen MR) is 77.6 cm³/mol. The molecule has 0 aliphatic carbocycles. The Labute approximate surface area is 122 Å². The van der Waals surface area contributed by atoms with E-state index in [4.69, 9.17) is 23.2 Å². The first-order valence-corrected chi connectivity index (χ1v) is 7.00. The van der Waals surface area contributed by atoms with Crippen LogP contribution < -0.4 is 0 Å². The number of nitrogens with zero attached hydrogens (tertiary/aromatic N) is 2. The average Bonchev–Trinajstić information content (AvgIpc) is 2.80. The van der Waals surface area contributed by atoms with E-state index in [1.54, 1.807) is 24.4 Å². The van der Waals surface area contributed by atoms with Gasteiger partial charge in [-0.1, -0.05) is 30.1 Å². The first-order chi connectivity index (χ1) is 9.11. The van der Waals surface area contributed by atoms with Crippen molar-refractivity contribution in [2.45, 2.75) is 32.4 Å². The lowest BCUT2D eigenvalue weighted by molar-refractivity contribution is 0.174. The predicted octanol–water partition coefficient (Wildman–Crippen LogP) is 3.88. The molecular formula is C14H16Cl2N2O. The van der Waals surface area contributed by atoms with E-state index in [0.29, 0.717) is 22.0 Å². The zero-order chi connectivity index (χ0) is 13.8. The molecule has 0 amide bonds. The van der Waals surface area contributed by atoms with E-state index >= 15 is 0 Å². The van der Waals surface area contributed by atoms with Gasteiger partial charge in [0.2, 0.25) is 0 Å². The number of benzene rings is 1. The summed E-state index contributed by atoms with van der Waals surface area (Å²) in [6, 6.07) is 5.10. The van der Waals surface area contributed by atoms with Gasteiger partial charge in [-0.15, -0.1) is 0 Å². The minimum absolute atomic E-state index is 0.424. The Morgan fingerprint density at radius 2 is 2.16 bits per heavy atom. The lowest BCUT2D eigenvalue weighted by atomic mass is 10.1. The molecule has 2 aromatic rings. The fourth-order valence-electron chi connectivity index (χ4n) is 2.03. The van der Waals surface area contributed by atoms with Gasteiger partial charge in [0, 0.05) is 41.0 Å². The summed E-state index contributed by atoms with van der Waals surface area (Å²) in [7, 11) is 0. The summed E-state index contributed by atoms with van der Waals surface area (Å²) in [4.78, 5) is 4.28. The Morgan fingerprint density at radius 3 is 2.89 bits per heavy atom. The number of hydrogen-bond acceptors (Lipinski definition) is 2. The van der Waals surface area contributed by atoms with E-state index in [2.05, 4.69) is 11.9 Å². The van der Waals surface area contributed by atoms with E-state index in [9.17, 15) is 5.11 Å². The maximum Gasteiger partial charge on any atom is 0.111 e. The van der Waals surface area contributed by atoms with Crippen molar-refractivity contribution >= 4 is 23.2 Å². The van der Waals surface area contributed by atoms with Crippen LogP contribution in [0.1, 0.15) is 30.8 Å². The van der Waals surface area contributed by atoms with Crippen molar-refractivity contribution in [3.63, 3.8) is 0 Å². The molecule has 1 aromatic carbocycles. The molecule has 0 aliphatic heterocycles. The van der Waals surface area contributed by atoms with Crippen LogP contribution in [0.15, 0.2) is 30.6 Å². The van der Waals surface area contributed by atoms with Gasteiger partial charge >= 0.3 is 0 Å². The highest BCUT2D eigenvalue weighted by Gasteiger charge is 2.15. The normalized spacial score (nSPS) is 12.6. The Morgan fingerprint density at radius 1 is 1.37 bits per heavy atom. The molecule has 2 rings (SSSR count). The number of aromatic nitrogens is 2. The van der Waals surface area contributed by atoms with Crippen LogP contribution in [0.3, 0.4) is 0 Å². The highest BCUT2D eigenvalue weighted by atomic mass is 35.5. The molecule has 1 atom stereocenters. The van der Waals surface area contributed by atoms with Gasteiger partial charge in [-0.05, 0) is 24.6 Å². The van der Waals surface area contributed by atoms with Crippen molar-refractivity contribution in [1.82, 2.24) is 9.55 Å². The fourth-order valence-corrected chi connectivity index (χ4v) is 2.45. The summed E-state index contributed by atoms with van der Waals surface area (Å²) in [5, 5.41) is 11.4. The van der Waals surface area contributed by atoms with Crippen LogP contribution in [0.5, 0.6) is 0 Å². The number of aryl methyl sites for hydroxylation is 1. The number of aliphatic hydroxyl groups is 1. The third-order valence-corrected chi connectivity index (χ3v) is 3.54. The van der Waals surface area contributed by atoms with Gasteiger partial charge in [-0.3, -0.25) is 0 Å². The molecule has 1 N–H and O–H groups in total. The second kappa shape index (κ2) is 6.42. The molecule has 1 heterocycles. The van der Waals surface area contributed by atoms with Crippen molar-refractivity contribution in [3.8, 4) is 0 Å². The summed E-state index contributed by atoms with van der Waals surface area (Å²) in [5.74, 6) is 0.852. The van der Waals surface area contributed by atoms with Crippen LogP contribution in [0.25, 0.3) is 0 Å². The Balaban J connectivity index is 2.18. The fraction of sp³-hybridized carbons (Fsp3) is 0.357.